The minimum atomic E-state index is 0.346. The third kappa shape index (κ3) is 0.843. The summed E-state index contributed by atoms with van der Waals surface area (Å²) < 4.78 is 0. The minimum Gasteiger partial charge on any atom is -0.255 e. The molecule has 0 fully saturated rings. The monoisotopic (exact) mass is 147 g/mol. The van der Waals surface area contributed by atoms with E-state index in [4.69, 9.17) is 0 Å². The zero-order valence-electron chi connectivity index (χ0n) is 6.57. The zero-order chi connectivity index (χ0) is 7.84. The first-order valence-corrected chi connectivity index (χ1v) is 3.65. The van der Waals surface area contributed by atoms with Gasteiger partial charge in [0, 0.05) is 24.0 Å². The standard InChI is InChI=1S/C8H9N3/c1-5-6(2)11-8-7(5)9-3-4-10-8/h3-5H,1-2H3. The molecule has 1 atom stereocenters. The van der Waals surface area contributed by atoms with Crippen LogP contribution in [0.2, 0.25) is 0 Å². The predicted octanol–water partition coefficient (Wildman–Crippen LogP) is 1.69. The van der Waals surface area contributed by atoms with E-state index in [1.54, 1.807) is 12.4 Å². The van der Waals surface area contributed by atoms with Crippen LogP contribution in [-0.2, 0) is 0 Å². The molecular formula is C8H9N3. The topological polar surface area (TPSA) is 38.1 Å². The summed E-state index contributed by atoms with van der Waals surface area (Å²) in [6, 6.07) is 0. The van der Waals surface area contributed by atoms with Crippen LogP contribution in [0.1, 0.15) is 25.5 Å². The Morgan fingerprint density at radius 2 is 2.00 bits per heavy atom. The number of rotatable bonds is 0. The molecule has 56 valence electrons. The van der Waals surface area contributed by atoms with Crippen molar-refractivity contribution in [2.45, 2.75) is 19.8 Å². The smallest absolute Gasteiger partial charge is 0.174 e. The second-order valence-corrected chi connectivity index (χ2v) is 2.74. The molecule has 1 aliphatic heterocycles. The fourth-order valence-electron chi connectivity index (χ4n) is 1.19. The van der Waals surface area contributed by atoms with Gasteiger partial charge in [-0.15, -0.1) is 0 Å². The van der Waals surface area contributed by atoms with Gasteiger partial charge in [-0.1, -0.05) is 6.92 Å². The first-order chi connectivity index (χ1) is 5.29. The van der Waals surface area contributed by atoms with E-state index < -0.39 is 0 Å². The van der Waals surface area contributed by atoms with Gasteiger partial charge in [-0.25, -0.2) is 9.98 Å². The van der Waals surface area contributed by atoms with Crippen LogP contribution in [0, 0.1) is 0 Å². The lowest BCUT2D eigenvalue weighted by Gasteiger charge is -2.00. The molecule has 0 aromatic carbocycles. The molecule has 2 rings (SSSR count). The lowest BCUT2D eigenvalue weighted by Crippen LogP contribution is -2.00. The minimum absolute atomic E-state index is 0.346. The molecule has 0 saturated carbocycles. The maximum atomic E-state index is 4.28. The highest BCUT2D eigenvalue weighted by Crippen LogP contribution is 2.30. The lowest BCUT2D eigenvalue weighted by molar-refractivity contribution is 0.961. The van der Waals surface area contributed by atoms with Gasteiger partial charge in [-0.2, -0.15) is 0 Å². The summed E-state index contributed by atoms with van der Waals surface area (Å²) in [6.07, 6.45) is 3.39. The van der Waals surface area contributed by atoms with Crippen LogP contribution in [0.25, 0.3) is 0 Å². The van der Waals surface area contributed by atoms with Crippen molar-refractivity contribution in [2.24, 2.45) is 4.99 Å². The van der Waals surface area contributed by atoms with Crippen molar-refractivity contribution in [2.75, 3.05) is 0 Å². The van der Waals surface area contributed by atoms with Crippen LogP contribution < -0.4 is 0 Å². The Morgan fingerprint density at radius 1 is 1.27 bits per heavy atom. The molecule has 3 nitrogen and oxygen atoms in total. The van der Waals surface area contributed by atoms with Crippen LogP contribution in [0.5, 0.6) is 0 Å². The molecular weight excluding hydrogens is 138 g/mol. The largest absolute Gasteiger partial charge is 0.255 e. The van der Waals surface area contributed by atoms with Gasteiger partial charge in [-0.05, 0) is 6.92 Å². The Balaban J connectivity index is 2.58. The maximum absolute atomic E-state index is 4.28. The van der Waals surface area contributed by atoms with E-state index in [0.717, 1.165) is 17.2 Å². The summed E-state index contributed by atoms with van der Waals surface area (Å²) in [5.74, 6) is 1.14. The van der Waals surface area contributed by atoms with E-state index in [1.165, 1.54) is 0 Å². The van der Waals surface area contributed by atoms with Gasteiger partial charge in [0.25, 0.3) is 0 Å². The summed E-state index contributed by atoms with van der Waals surface area (Å²) in [7, 11) is 0. The SMILES string of the molecule is CC1=Nc2nccnc2C1C. The van der Waals surface area contributed by atoms with E-state index in [9.17, 15) is 0 Å². The Morgan fingerprint density at radius 3 is 2.73 bits per heavy atom. The zero-order valence-corrected chi connectivity index (χ0v) is 6.57. The van der Waals surface area contributed by atoms with Crippen LogP contribution in [0.3, 0.4) is 0 Å². The number of nitrogens with zero attached hydrogens (tertiary/aromatic N) is 3. The third-order valence-electron chi connectivity index (χ3n) is 2.03. The summed E-state index contributed by atoms with van der Waals surface area (Å²) in [4.78, 5) is 12.6. The molecule has 0 aliphatic carbocycles. The average Bonchev–Trinajstić information content (AvgIpc) is 2.30. The van der Waals surface area contributed by atoms with Crippen molar-refractivity contribution >= 4 is 11.5 Å². The first-order valence-electron chi connectivity index (χ1n) is 3.65. The van der Waals surface area contributed by atoms with Crippen molar-refractivity contribution in [3.05, 3.63) is 18.1 Å². The highest BCUT2D eigenvalue weighted by atomic mass is 15.0. The van der Waals surface area contributed by atoms with E-state index in [1.807, 2.05) is 6.92 Å². The number of hydrogen-bond acceptors (Lipinski definition) is 3. The van der Waals surface area contributed by atoms with Crippen LogP contribution in [0.4, 0.5) is 5.82 Å². The van der Waals surface area contributed by atoms with Crippen molar-refractivity contribution < 1.29 is 0 Å². The first kappa shape index (κ1) is 6.46. The van der Waals surface area contributed by atoms with Gasteiger partial charge in [0.1, 0.15) is 0 Å². The summed E-state index contributed by atoms with van der Waals surface area (Å²) in [5, 5.41) is 0. The summed E-state index contributed by atoms with van der Waals surface area (Å²) in [5.41, 5.74) is 2.11. The fourth-order valence-corrected chi connectivity index (χ4v) is 1.19. The molecule has 0 amide bonds. The molecule has 11 heavy (non-hydrogen) atoms. The molecule has 0 radical (unpaired) electrons. The molecule has 1 aromatic heterocycles. The molecule has 1 aromatic rings. The Bertz CT molecular complexity index is 317. The molecule has 1 aliphatic rings. The molecule has 0 saturated heterocycles. The van der Waals surface area contributed by atoms with E-state index in [-0.39, 0.29) is 0 Å². The van der Waals surface area contributed by atoms with Crippen molar-refractivity contribution in [1.82, 2.24) is 9.97 Å². The van der Waals surface area contributed by atoms with Crippen LogP contribution in [-0.4, -0.2) is 15.7 Å². The van der Waals surface area contributed by atoms with Crippen LogP contribution >= 0.6 is 0 Å². The number of aromatic nitrogens is 2. The normalized spacial score (nSPS) is 21.3. The molecule has 0 N–H and O–H groups in total. The maximum Gasteiger partial charge on any atom is 0.174 e. The van der Waals surface area contributed by atoms with Gasteiger partial charge in [-0.3, -0.25) is 4.98 Å². The predicted molar refractivity (Wildman–Crippen MR) is 43.2 cm³/mol. The van der Waals surface area contributed by atoms with E-state index in [0.29, 0.717) is 5.92 Å². The number of hydrogen-bond donors (Lipinski definition) is 0. The lowest BCUT2D eigenvalue weighted by atomic mass is 10.1. The highest BCUT2D eigenvalue weighted by Gasteiger charge is 2.21. The van der Waals surface area contributed by atoms with Gasteiger partial charge in [0.05, 0.1) is 5.69 Å². The Labute approximate surface area is 65.2 Å². The van der Waals surface area contributed by atoms with Crippen molar-refractivity contribution in [3.8, 4) is 0 Å². The molecule has 0 bridgehead atoms. The number of aliphatic imine (C=N–C) groups is 1. The average molecular weight is 147 g/mol. The van der Waals surface area contributed by atoms with Gasteiger partial charge >= 0.3 is 0 Å². The second kappa shape index (κ2) is 2.12. The van der Waals surface area contributed by atoms with Crippen LogP contribution in [0.15, 0.2) is 17.4 Å². The van der Waals surface area contributed by atoms with Gasteiger partial charge in [0.2, 0.25) is 0 Å². The van der Waals surface area contributed by atoms with Crippen molar-refractivity contribution in [1.29, 1.82) is 0 Å². The van der Waals surface area contributed by atoms with E-state index in [2.05, 4.69) is 21.9 Å². The summed E-state index contributed by atoms with van der Waals surface area (Å²) >= 11 is 0. The fraction of sp³-hybridized carbons (Fsp3) is 0.375. The number of fused-ring (bicyclic) bond motifs is 1. The highest BCUT2D eigenvalue weighted by molar-refractivity contribution is 5.94. The Hall–Kier alpha value is -1.25. The van der Waals surface area contributed by atoms with Crippen molar-refractivity contribution in [3.63, 3.8) is 0 Å². The van der Waals surface area contributed by atoms with Gasteiger partial charge in [0.15, 0.2) is 5.82 Å². The quantitative estimate of drug-likeness (QED) is 0.560. The molecule has 1 unspecified atom stereocenters. The third-order valence-corrected chi connectivity index (χ3v) is 2.03. The molecule has 2 heterocycles. The van der Waals surface area contributed by atoms with E-state index >= 15 is 0 Å². The molecule has 0 spiro atoms. The second-order valence-electron chi connectivity index (χ2n) is 2.74. The van der Waals surface area contributed by atoms with Gasteiger partial charge < -0.3 is 0 Å². The summed E-state index contributed by atoms with van der Waals surface area (Å²) in [6.45, 7) is 4.10. The molecule has 3 heteroatoms. The Kier molecular flexibility index (Phi) is 1.24.